The van der Waals surface area contributed by atoms with Crippen molar-refractivity contribution in [3.8, 4) is 5.75 Å². The smallest absolute Gasteiger partial charge is 0.143 e. The summed E-state index contributed by atoms with van der Waals surface area (Å²) in [5.41, 5.74) is 8.31. The molecule has 0 saturated carbocycles. The molecule has 0 fully saturated rings. The van der Waals surface area contributed by atoms with Crippen molar-refractivity contribution < 1.29 is 4.74 Å². The Labute approximate surface area is 135 Å². The largest absolute Gasteiger partial charge is 0.485 e. The molecule has 0 aliphatic carbocycles. The lowest BCUT2D eigenvalue weighted by molar-refractivity contribution is 0.291. The summed E-state index contributed by atoms with van der Waals surface area (Å²) in [4.78, 5) is 0. The quantitative estimate of drug-likeness (QED) is 0.879. The van der Waals surface area contributed by atoms with Crippen LogP contribution < -0.4 is 10.5 Å². The van der Waals surface area contributed by atoms with Gasteiger partial charge in [-0.1, -0.05) is 23.2 Å². The van der Waals surface area contributed by atoms with E-state index in [-0.39, 0.29) is 0 Å². The van der Waals surface area contributed by atoms with Crippen molar-refractivity contribution in [2.75, 3.05) is 0 Å². The van der Waals surface area contributed by atoms with Crippen LogP contribution in [0.4, 0.5) is 0 Å². The zero-order chi connectivity index (χ0) is 14.9. The van der Waals surface area contributed by atoms with Crippen molar-refractivity contribution in [2.45, 2.75) is 20.1 Å². The van der Waals surface area contributed by atoms with Gasteiger partial charge in [-0.3, -0.25) is 4.68 Å². The van der Waals surface area contributed by atoms with Crippen LogP contribution in [0, 0.1) is 6.92 Å². The van der Waals surface area contributed by atoms with Crippen LogP contribution in [0.15, 0.2) is 16.6 Å². The standard InChI is InChI=1S/C13H14BrCl2N3O/c1-7-12(14)11(19(2)18-7)6-20-13-8(5-17)3-9(15)4-10(13)16/h3-4H,5-6,17H2,1-2H3. The number of aromatic nitrogens is 2. The number of hydrogen-bond donors (Lipinski definition) is 1. The average molecular weight is 379 g/mol. The van der Waals surface area contributed by atoms with E-state index < -0.39 is 0 Å². The van der Waals surface area contributed by atoms with Crippen LogP contribution in [0.25, 0.3) is 0 Å². The molecule has 20 heavy (non-hydrogen) atoms. The lowest BCUT2D eigenvalue weighted by Gasteiger charge is -2.13. The van der Waals surface area contributed by atoms with Crippen LogP contribution in [-0.2, 0) is 20.2 Å². The van der Waals surface area contributed by atoms with Crippen LogP contribution in [0.5, 0.6) is 5.75 Å². The van der Waals surface area contributed by atoms with E-state index >= 15 is 0 Å². The van der Waals surface area contributed by atoms with E-state index in [0.29, 0.717) is 28.9 Å². The zero-order valence-electron chi connectivity index (χ0n) is 11.1. The topological polar surface area (TPSA) is 53.1 Å². The Bertz CT molecular complexity index is 643. The summed E-state index contributed by atoms with van der Waals surface area (Å²) in [6.45, 7) is 2.57. The van der Waals surface area contributed by atoms with Crippen molar-refractivity contribution in [1.82, 2.24) is 9.78 Å². The van der Waals surface area contributed by atoms with E-state index in [2.05, 4.69) is 21.0 Å². The summed E-state index contributed by atoms with van der Waals surface area (Å²) in [7, 11) is 1.86. The van der Waals surface area contributed by atoms with Gasteiger partial charge in [0.05, 0.1) is 20.9 Å². The summed E-state index contributed by atoms with van der Waals surface area (Å²) in [5, 5.41) is 5.31. The van der Waals surface area contributed by atoms with Crippen LogP contribution in [0.1, 0.15) is 17.0 Å². The number of nitrogens with two attached hydrogens (primary N) is 1. The lowest BCUT2D eigenvalue weighted by Crippen LogP contribution is -2.07. The Morgan fingerprint density at radius 2 is 2.10 bits per heavy atom. The fourth-order valence-electron chi connectivity index (χ4n) is 1.90. The van der Waals surface area contributed by atoms with Gasteiger partial charge < -0.3 is 10.5 Å². The molecule has 4 nitrogen and oxygen atoms in total. The molecule has 0 amide bonds. The van der Waals surface area contributed by atoms with Crippen molar-refractivity contribution >= 4 is 39.1 Å². The first-order chi connectivity index (χ1) is 9.43. The molecule has 1 aromatic heterocycles. The minimum absolute atomic E-state index is 0.307. The Kier molecular flexibility index (Phi) is 4.96. The van der Waals surface area contributed by atoms with E-state index in [1.54, 1.807) is 16.8 Å². The second kappa shape index (κ2) is 6.35. The summed E-state index contributed by atoms with van der Waals surface area (Å²) in [5.74, 6) is 0.560. The van der Waals surface area contributed by atoms with Crippen molar-refractivity contribution in [3.63, 3.8) is 0 Å². The van der Waals surface area contributed by atoms with Crippen LogP contribution >= 0.6 is 39.1 Å². The first-order valence-corrected chi connectivity index (χ1v) is 7.47. The van der Waals surface area contributed by atoms with Crippen molar-refractivity contribution in [1.29, 1.82) is 0 Å². The molecule has 0 radical (unpaired) electrons. The number of benzene rings is 1. The number of nitrogens with zero attached hydrogens (tertiary/aromatic N) is 2. The molecule has 1 aromatic carbocycles. The Morgan fingerprint density at radius 3 is 2.65 bits per heavy atom. The summed E-state index contributed by atoms with van der Waals surface area (Å²) in [6.07, 6.45) is 0. The number of hydrogen-bond acceptors (Lipinski definition) is 3. The minimum Gasteiger partial charge on any atom is -0.485 e. The third-order valence-electron chi connectivity index (χ3n) is 2.92. The van der Waals surface area contributed by atoms with Gasteiger partial charge in [-0.15, -0.1) is 0 Å². The van der Waals surface area contributed by atoms with Gasteiger partial charge in [0.25, 0.3) is 0 Å². The molecule has 2 rings (SSSR count). The molecule has 0 aliphatic rings. The molecule has 0 unspecified atom stereocenters. The molecule has 7 heteroatoms. The maximum absolute atomic E-state index is 6.17. The van der Waals surface area contributed by atoms with E-state index in [1.165, 1.54) is 0 Å². The monoisotopic (exact) mass is 377 g/mol. The van der Waals surface area contributed by atoms with Gasteiger partial charge in [0.15, 0.2) is 0 Å². The van der Waals surface area contributed by atoms with Crippen molar-refractivity contribution in [2.24, 2.45) is 12.8 Å². The number of aryl methyl sites for hydroxylation is 2. The Balaban J connectivity index is 2.27. The molecule has 0 bridgehead atoms. The van der Waals surface area contributed by atoms with Crippen molar-refractivity contribution in [3.05, 3.63) is 43.6 Å². The summed E-state index contributed by atoms with van der Waals surface area (Å²) >= 11 is 15.6. The van der Waals surface area contributed by atoms with Crippen LogP contribution in [-0.4, -0.2) is 9.78 Å². The van der Waals surface area contributed by atoms with Gasteiger partial charge in [-0.2, -0.15) is 5.10 Å². The number of rotatable bonds is 4. The minimum atomic E-state index is 0.307. The van der Waals surface area contributed by atoms with E-state index in [4.69, 9.17) is 33.7 Å². The molecular weight excluding hydrogens is 365 g/mol. The molecule has 0 aliphatic heterocycles. The van der Waals surface area contributed by atoms with E-state index in [9.17, 15) is 0 Å². The zero-order valence-corrected chi connectivity index (χ0v) is 14.2. The molecule has 2 aromatic rings. The van der Waals surface area contributed by atoms with Crippen LogP contribution in [0.2, 0.25) is 10.0 Å². The molecule has 0 spiro atoms. The molecule has 1 heterocycles. The van der Waals surface area contributed by atoms with Gasteiger partial charge in [-0.25, -0.2) is 0 Å². The Hall–Kier alpha value is -0.750. The van der Waals surface area contributed by atoms with Gasteiger partial charge in [-0.05, 0) is 35.0 Å². The first-order valence-electron chi connectivity index (χ1n) is 5.92. The maximum Gasteiger partial charge on any atom is 0.143 e. The maximum atomic E-state index is 6.17. The fourth-order valence-corrected chi connectivity index (χ4v) is 2.94. The molecule has 108 valence electrons. The van der Waals surface area contributed by atoms with E-state index in [0.717, 1.165) is 21.4 Å². The third-order valence-corrected chi connectivity index (χ3v) is 4.45. The normalized spacial score (nSPS) is 10.9. The van der Waals surface area contributed by atoms with Gasteiger partial charge >= 0.3 is 0 Å². The second-order valence-electron chi connectivity index (χ2n) is 4.34. The predicted molar refractivity (Wildman–Crippen MR) is 84.3 cm³/mol. The van der Waals surface area contributed by atoms with Gasteiger partial charge in [0.1, 0.15) is 12.4 Å². The number of halogens is 3. The fraction of sp³-hybridized carbons (Fsp3) is 0.308. The molecule has 0 saturated heterocycles. The van der Waals surface area contributed by atoms with E-state index in [1.807, 2.05) is 14.0 Å². The predicted octanol–water partition coefficient (Wildman–Crippen LogP) is 3.84. The van der Waals surface area contributed by atoms with Gasteiger partial charge in [0, 0.05) is 24.2 Å². The molecular formula is C13H14BrCl2N3O. The lowest BCUT2D eigenvalue weighted by atomic mass is 10.2. The third kappa shape index (κ3) is 3.11. The van der Waals surface area contributed by atoms with Gasteiger partial charge in [0.2, 0.25) is 0 Å². The molecule has 2 N–H and O–H groups in total. The second-order valence-corrected chi connectivity index (χ2v) is 5.97. The average Bonchev–Trinajstić information content (AvgIpc) is 2.62. The van der Waals surface area contributed by atoms with Crippen LogP contribution in [0.3, 0.4) is 0 Å². The SMILES string of the molecule is Cc1nn(C)c(COc2c(Cl)cc(Cl)cc2CN)c1Br. The molecule has 0 atom stereocenters. The highest BCUT2D eigenvalue weighted by atomic mass is 79.9. The summed E-state index contributed by atoms with van der Waals surface area (Å²) in [6, 6.07) is 3.40. The number of ether oxygens (including phenoxy) is 1. The highest BCUT2D eigenvalue weighted by molar-refractivity contribution is 9.10. The Morgan fingerprint density at radius 1 is 1.40 bits per heavy atom. The first kappa shape index (κ1) is 15.6. The highest BCUT2D eigenvalue weighted by Gasteiger charge is 2.14. The summed E-state index contributed by atoms with van der Waals surface area (Å²) < 4.78 is 8.51. The highest BCUT2D eigenvalue weighted by Crippen LogP contribution is 2.33.